The van der Waals surface area contributed by atoms with Crippen LogP contribution in [0.5, 0.6) is 0 Å². The first kappa shape index (κ1) is 29.2. The van der Waals surface area contributed by atoms with Crippen LogP contribution in [0.15, 0.2) is 59.6 Å². The molecule has 1 saturated heterocycles. The molecule has 1 aromatic rings. The molecule has 1 N–H and O–H groups in total. The van der Waals surface area contributed by atoms with Crippen LogP contribution in [0.25, 0.3) is 5.57 Å². The molecular formula is C31H45N3O2. The Hall–Kier alpha value is -3.08. The Balaban J connectivity index is 0.00000222. The van der Waals surface area contributed by atoms with Crippen molar-refractivity contribution in [2.75, 3.05) is 13.6 Å². The second-order valence-corrected chi connectivity index (χ2v) is 9.62. The van der Waals surface area contributed by atoms with Gasteiger partial charge in [0.2, 0.25) is 5.91 Å². The van der Waals surface area contributed by atoms with Gasteiger partial charge in [0.1, 0.15) is 0 Å². The summed E-state index contributed by atoms with van der Waals surface area (Å²) in [5.41, 5.74) is 7.76. The third kappa shape index (κ3) is 6.77. The largest absolute Gasteiger partial charge is 0.355 e. The van der Waals surface area contributed by atoms with E-state index in [4.69, 9.17) is 0 Å². The van der Waals surface area contributed by atoms with Crippen LogP contribution >= 0.6 is 0 Å². The Labute approximate surface area is 218 Å². The summed E-state index contributed by atoms with van der Waals surface area (Å²) in [6.45, 7) is 17.1. The molecule has 5 nitrogen and oxygen atoms in total. The number of rotatable bonds is 6. The molecule has 3 rings (SSSR count). The molecular weight excluding hydrogens is 446 g/mol. The Morgan fingerprint density at radius 1 is 1.17 bits per heavy atom. The van der Waals surface area contributed by atoms with Crippen LogP contribution in [0.3, 0.4) is 0 Å². The van der Waals surface area contributed by atoms with Crippen molar-refractivity contribution >= 4 is 17.4 Å². The first-order valence-electron chi connectivity index (χ1n) is 13.3. The summed E-state index contributed by atoms with van der Waals surface area (Å²) in [5, 5.41) is 2.71. The maximum absolute atomic E-state index is 12.1. The number of nitrogens with zero attached hydrogens (tertiary/aromatic N) is 2. The molecule has 196 valence electrons. The van der Waals surface area contributed by atoms with Crippen LogP contribution in [0, 0.1) is 12.8 Å². The predicted molar refractivity (Wildman–Crippen MR) is 151 cm³/mol. The molecule has 1 aromatic carbocycles. The van der Waals surface area contributed by atoms with Crippen molar-refractivity contribution in [1.82, 2.24) is 15.1 Å². The van der Waals surface area contributed by atoms with E-state index in [-0.39, 0.29) is 17.9 Å². The highest BCUT2D eigenvalue weighted by Gasteiger charge is 2.32. The first-order valence-corrected chi connectivity index (χ1v) is 13.3. The summed E-state index contributed by atoms with van der Waals surface area (Å²) in [6.07, 6.45) is 11.7. The first-order chi connectivity index (χ1) is 17.2. The molecule has 0 aromatic heterocycles. The van der Waals surface area contributed by atoms with Gasteiger partial charge in [0, 0.05) is 49.7 Å². The van der Waals surface area contributed by atoms with E-state index in [2.05, 4.69) is 75.3 Å². The van der Waals surface area contributed by atoms with E-state index in [1.54, 1.807) is 14.0 Å². The highest BCUT2D eigenvalue weighted by atomic mass is 16.2. The molecule has 0 aliphatic carbocycles. The van der Waals surface area contributed by atoms with Gasteiger partial charge in [0.15, 0.2) is 0 Å². The average Bonchev–Trinajstić information content (AvgIpc) is 3.24. The van der Waals surface area contributed by atoms with Crippen LogP contribution in [0.2, 0.25) is 0 Å². The maximum Gasteiger partial charge on any atom is 0.251 e. The van der Waals surface area contributed by atoms with Crippen LogP contribution in [0.4, 0.5) is 0 Å². The van der Waals surface area contributed by atoms with Gasteiger partial charge in [0.25, 0.3) is 5.91 Å². The number of amides is 2. The lowest BCUT2D eigenvalue weighted by atomic mass is 9.91. The molecule has 2 unspecified atom stereocenters. The van der Waals surface area contributed by atoms with Crippen LogP contribution in [-0.2, 0) is 4.79 Å². The Morgan fingerprint density at radius 2 is 1.86 bits per heavy atom. The van der Waals surface area contributed by atoms with Gasteiger partial charge in [-0.05, 0) is 99.4 Å². The smallest absolute Gasteiger partial charge is 0.251 e. The Bertz CT molecular complexity index is 1080. The second-order valence-electron chi connectivity index (χ2n) is 9.62. The number of allylic oxidation sites excluding steroid dienone is 6. The minimum atomic E-state index is -0.0754. The fraction of sp³-hybridized carbons (Fsp3) is 0.484. The van der Waals surface area contributed by atoms with Crippen molar-refractivity contribution < 1.29 is 9.59 Å². The zero-order valence-corrected chi connectivity index (χ0v) is 23.7. The number of nitrogens with one attached hydrogen (secondary N) is 1. The fourth-order valence-electron chi connectivity index (χ4n) is 5.20. The molecule has 5 heteroatoms. The molecule has 0 radical (unpaired) electrons. The number of hydrogen-bond donors (Lipinski definition) is 1. The van der Waals surface area contributed by atoms with Crippen LogP contribution in [0.1, 0.15) is 89.2 Å². The number of aryl methyl sites for hydroxylation is 1. The molecule has 2 heterocycles. The monoisotopic (exact) mass is 491 g/mol. The lowest BCUT2D eigenvalue weighted by molar-refractivity contribution is -0.129. The van der Waals surface area contributed by atoms with E-state index >= 15 is 0 Å². The number of benzene rings is 1. The lowest BCUT2D eigenvalue weighted by Crippen LogP contribution is -2.31. The van der Waals surface area contributed by atoms with Crippen molar-refractivity contribution in [3.8, 4) is 0 Å². The number of carbonyl (C=O) groups is 2. The average molecular weight is 492 g/mol. The topological polar surface area (TPSA) is 52.7 Å². The summed E-state index contributed by atoms with van der Waals surface area (Å²) in [6, 6.07) is 6.19. The minimum Gasteiger partial charge on any atom is -0.355 e. The maximum atomic E-state index is 12.1. The quantitative estimate of drug-likeness (QED) is 0.475. The Kier molecular flexibility index (Phi) is 10.8. The molecule has 2 aliphatic heterocycles. The molecule has 0 bridgehead atoms. The van der Waals surface area contributed by atoms with E-state index in [9.17, 15) is 9.59 Å². The number of likely N-dealkylation sites (tertiary alicyclic amines) is 1. The third-order valence-electron chi connectivity index (χ3n) is 6.94. The molecule has 2 amide bonds. The summed E-state index contributed by atoms with van der Waals surface area (Å²) in [5.74, 6) is 0.479. The summed E-state index contributed by atoms with van der Waals surface area (Å²) in [4.78, 5) is 28.6. The zero-order valence-electron chi connectivity index (χ0n) is 23.7. The highest BCUT2D eigenvalue weighted by Crippen LogP contribution is 2.37. The van der Waals surface area contributed by atoms with Crippen molar-refractivity contribution in [3.05, 3.63) is 76.3 Å². The third-order valence-corrected chi connectivity index (χ3v) is 6.94. The van der Waals surface area contributed by atoms with Crippen molar-refractivity contribution in [2.45, 2.75) is 80.7 Å². The summed E-state index contributed by atoms with van der Waals surface area (Å²) >= 11 is 0. The standard InChI is InChI=1S/C29H39N3O2.C2H6/c1-8-9-26-14-19(2)12-13-31(26)28(17-24-16-21(4)32(18-24)23(6)33)22(5)27-11-10-25(15-20(27)3)29(34)30-7;1-2/h9-15,21,24H,8,16-18H2,1-7H3,(H,30,34);1-2H3/b26-9+,28-22+;. The number of carbonyl (C=O) groups excluding carboxylic acids is 2. The van der Waals surface area contributed by atoms with Gasteiger partial charge in [-0.15, -0.1) is 0 Å². The van der Waals surface area contributed by atoms with E-state index in [1.807, 2.05) is 30.9 Å². The predicted octanol–water partition coefficient (Wildman–Crippen LogP) is 6.83. The SMILES string of the molecule is CC.CC/C=C1\C=C(C)C=CN1/C(CC1CC(C)N(C(C)=O)C1)=C(\C)c1ccc(C(=O)NC)cc1C. The van der Waals surface area contributed by atoms with Gasteiger partial charge >= 0.3 is 0 Å². The fourth-order valence-corrected chi connectivity index (χ4v) is 5.20. The molecule has 2 atom stereocenters. The molecule has 36 heavy (non-hydrogen) atoms. The van der Waals surface area contributed by atoms with Gasteiger partial charge in [0.05, 0.1) is 0 Å². The van der Waals surface area contributed by atoms with E-state index in [0.29, 0.717) is 11.5 Å². The van der Waals surface area contributed by atoms with Crippen molar-refractivity contribution in [2.24, 2.45) is 5.92 Å². The van der Waals surface area contributed by atoms with E-state index < -0.39 is 0 Å². The summed E-state index contributed by atoms with van der Waals surface area (Å²) in [7, 11) is 1.65. The van der Waals surface area contributed by atoms with E-state index in [1.165, 1.54) is 22.5 Å². The highest BCUT2D eigenvalue weighted by molar-refractivity contribution is 5.94. The van der Waals surface area contributed by atoms with Gasteiger partial charge in [-0.25, -0.2) is 0 Å². The molecule has 1 fully saturated rings. The van der Waals surface area contributed by atoms with Gasteiger partial charge in [-0.3, -0.25) is 9.59 Å². The molecule has 0 spiro atoms. The lowest BCUT2D eigenvalue weighted by Gasteiger charge is -2.31. The van der Waals surface area contributed by atoms with Crippen LogP contribution in [-0.4, -0.2) is 41.2 Å². The zero-order chi connectivity index (χ0) is 27.0. The van der Waals surface area contributed by atoms with Crippen LogP contribution < -0.4 is 5.32 Å². The normalized spacial score (nSPS) is 21.0. The van der Waals surface area contributed by atoms with Gasteiger partial charge in [-0.1, -0.05) is 32.9 Å². The molecule has 0 saturated carbocycles. The van der Waals surface area contributed by atoms with Crippen molar-refractivity contribution in [1.29, 1.82) is 0 Å². The van der Waals surface area contributed by atoms with E-state index in [0.717, 1.165) is 36.9 Å². The Morgan fingerprint density at radius 3 is 2.42 bits per heavy atom. The van der Waals surface area contributed by atoms with Crippen molar-refractivity contribution in [3.63, 3.8) is 0 Å². The second kappa shape index (κ2) is 13.3. The summed E-state index contributed by atoms with van der Waals surface area (Å²) < 4.78 is 0. The number of hydrogen-bond acceptors (Lipinski definition) is 3. The van der Waals surface area contributed by atoms with Gasteiger partial charge in [-0.2, -0.15) is 0 Å². The van der Waals surface area contributed by atoms with Gasteiger partial charge < -0.3 is 15.1 Å². The minimum absolute atomic E-state index is 0.0754. The molecule has 2 aliphatic rings.